The van der Waals surface area contributed by atoms with Crippen LogP contribution in [0, 0.1) is 0 Å². The highest BCUT2D eigenvalue weighted by Crippen LogP contribution is 2.20. The van der Waals surface area contributed by atoms with Crippen molar-refractivity contribution in [3.8, 4) is 0 Å². The van der Waals surface area contributed by atoms with Gasteiger partial charge in [0, 0.05) is 54.2 Å². The summed E-state index contributed by atoms with van der Waals surface area (Å²) in [7, 11) is 0. The van der Waals surface area contributed by atoms with Crippen molar-refractivity contribution in [1.82, 2.24) is 20.3 Å². The number of nitrogens with two attached hydrogens (primary N) is 1. The molecule has 0 saturated carbocycles. The van der Waals surface area contributed by atoms with E-state index in [0.717, 1.165) is 39.6 Å². The van der Waals surface area contributed by atoms with Gasteiger partial charge in [0.1, 0.15) is 5.82 Å². The van der Waals surface area contributed by atoms with Gasteiger partial charge in [0.05, 0.1) is 0 Å². The minimum atomic E-state index is 0.554. The van der Waals surface area contributed by atoms with E-state index < -0.39 is 0 Å². The quantitative estimate of drug-likeness (QED) is 0.539. The minimum Gasteiger partial charge on any atom is -0.383 e. The van der Waals surface area contributed by atoms with Gasteiger partial charge in [0.2, 0.25) is 0 Å². The highest BCUT2D eigenvalue weighted by Gasteiger charge is 2.04. The normalized spacial score (nSPS) is 10.7. The molecule has 0 fully saturated rings. The zero-order valence-corrected chi connectivity index (χ0v) is 15.5. The fourth-order valence-corrected chi connectivity index (χ4v) is 3.16. The third-order valence-electron chi connectivity index (χ3n) is 4.67. The lowest BCUT2D eigenvalue weighted by molar-refractivity contribution is 0.891. The molecule has 0 aliphatic rings. The van der Waals surface area contributed by atoms with Crippen LogP contribution >= 0.6 is 0 Å². The molecule has 138 valence electrons. The largest absolute Gasteiger partial charge is 0.383 e. The molecule has 5 nitrogen and oxygen atoms in total. The predicted octanol–water partition coefficient (Wildman–Crippen LogP) is 3.96. The van der Waals surface area contributed by atoms with E-state index in [1.165, 1.54) is 5.56 Å². The molecule has 28 heavy (non-hydrogen) atoms. The third kappa shape index (κ3) is 3.99. The smallest absolute Gasteiger partial charge is 0.131 e. The Bertz CT molecular complexity index is 1120. The Balaban J connectivity index is 1.44. The predicted molar refractivity (Wildman–Crippen MR) is 113 cm³/mol. The Hall–Kier alpha value is -3.73. The van der Waals surface area contributed by atoms with Gasteiger partial charge in [-0.2, -0.15) is 0 Å². The molecule has 0 unspecified atom stereocenters. The maximum Gasteiger partial charge on any atom is 0.131 e. The van der Waals surface area contributed by atoms with Crippen LogP contribution in [0.5, 0.6) is 0 Å². The molecule has 4 rings (SSSR count). The van der Waals surface area contributed by atoms with Gasteiger partial charge in [-0.25, -0.2) is 4.98 Å². The molecule has 3 N–H and O–H groups in total. The maximum absolute atomic E-state index is 5.92. The highest BCUT2D eigenvalue weighted by molar-refractivity contribution is 5.91. The first kappa shape index (κ1) is 17.7. The number of nitrogens with zero attached hydrogens (tertiary/aromatic N) is 3. The minimum absolute atomic E-state index is 0.554. The van der Waals surface area contributed by atoms with Crippen LogP contribution in [0.15, 0.2) is 80.0 Å². The van der Waals surface area contributed by atoms with E-state index >= 15 is 0 Å². The SMILES string of the molecule is C=C(NCc1ccc2c(N)nccc2c1)c1cncc(Cc2ccncc2)c1. The molecule has 0 saturated heterocycles. The van der Waals surface area contributed by atoms with Crippen LogP contribution in [0.3, 0.4) is 0 Å². The zero-order valence-electron chi connectivity index (χ0n) is 15.5. The molecular weight excluding hydrogens is 346 g/mol. The number of benzene rings is 1. The van der Waals surface area contributed by atoms with Crippen molar-refractivity contribution in [3.05, 3.63) is 102 Å². The summed E-state index contributed by atoms with van der Waals surface area (Å²) in [4.78, 5) is 12.6. The average molecular weight is 367 g/mol. The fraction of sp³-hybridized carbons (Fsp3) is 0.0870. The van der Waals surface area contributed by atoms with Crippen molar-refractivity contribution in [2.45, 2.75) is 13.0 Å². The molecule has 3 aromatic heterocycles. The summed E-state index contributed by atoms with van der Waals surface area (Å²) in [6.45, 7) is 4.85. The van der Waals surface area contributed by atoms with Gasteiger partial charge in [-0.3, -0.25) is 9.97 Å². The molecule has 0 spiro atoms. The van der Waals surface area contributed by atoms with Gasteiger partial charge >= 0.3 is 0 Å². The second kappa shape index (κ2) is 7.88. The molecule has 0 bridgehead atoms. The number of nitrogens with one attached hydrogen (secondary N) is 1. The monoisotopic (exact) mass is 367 g/mol. The van der Waals surface area contributed by atoms with Gasteiger partial charge in [0.25, 0.3) is 0 Å². The van der Waals surface area contributed by atoms with Crippen LogP contribution in [-0.4, -0.2) is 15.0 Å². The number of rotatable bonds is 6. The first-order valence-electron chi connectivity index (χ1n) is 9.08. The number of pyridine rings is 3. The van der Waals surface area contributed by atoms with E-state index in [1.54, 1.807) is 18.6 Å². The van der Waals surface area contributed by atoms with Crippen LogP contribution < -0.4 is 11.1 Å². The van der Waals surface area contributed by atoms with Crippen LogP contribution in [-0.2, 0) is 13.0 Å². The van der Waals surface area contributed by atoms with E-state index in [-0.39, 0.29) is 0 Å². The molecule has 0 atom stereocenters. The molecule has 3 heterocycles. The summed E-state index contributed by atoms with van der Waals surface area (Å²) in [6, 6.07) is 14.3. The second-order valence-electron chi connectivity index (χ2n) is 6.70. The van der Waals surface area contributed by atoms with Crippen LogP contribution in [0.2, 0.25) is 0 Å². The van der Waals surface area contributed by atoms with E-state index in [0.29, 0.717) is 12.4 Å². The van der Waals surface area contributed by atoms with Crippen molar-refractivity contribution in [3.63, 3.8) is 0 Å². The lowest BCUT2D eigenvalue weighted by atomic mass is 10.1. The summed E-state index contributed by atoms with van der Waals surface area (Å²) in [6.07, 6.45) is 9.88. The lowest BCUT2D eigenvalue weighted by Gasteiger charge is -2.12. The van der Waals surface area contributed by atoms with E-state index in [1.807, 2.05) is 36.7 Å². The van der Waals surface area contributed by atoms with Crippen LogP contribution in [0.25, 0.3) is 16.5 Å². The van der Waals surface area contributed by atoms with Crippen LogP contribution in [0.1, 0.15) is 22.3 Å². The summed E-state index contributed by atoms with van der Waals surface area (Å²) < 4.78 is 0. The summed E-state index contributed by atoms with van der Waals surface area (Å²) in [5.41, 5.74) is 11.3. The lowest BCUT2D eigenvalue weighted by Crippen LogP contribution is -2.11. The molecule has 4 aromatic rings. The van der Waals surface area contributed by atoms with Gasteiger partial charge in [-0.1, -0.05) is 18.7 Å². The number of hydrogen-bond donors (Lipinski definition) is 2. The van der Waals surface area contributed by atoms with E-state index in [9.17, 15) is 0 Å². The third-order valence-corrected chi connectivity index (χ3v) is 4.67. The fourth-order valence-electron chi connectivity index (χ4n) is 3.16. The zero-order chi connectivity index (χ0) is 19.3. The number of hydrogen-bond acceptors (Lipinski definition) is 5. The standard InChI is InChI=1S/C23H21N5/c1-16(21-12-19(13-26-15-21)10-17-4-7-25-8-5-17)28-14-18-2-3-22-20(11-18)6-9-27-23(22)24/h2-9,11-13,15,28H,1,10,14H2,(H2,24,27). The Morgan fingerprint density at radius 3 is 2.61 bits per heavy atom. The molecule has 5 heteroatoms. The van der Waals surface area contributed by atoms with Crippen molar-refractivity contribution in [2.24, 2.45) is 0 Å². The number of nitrogen functional groups attached to an aromatic ring is 1. The van der Waals surface area contributed by atoms with E-state index in [4.69, 9.17) is 5.73 Å². The second-order valence-corrected chi connectivity index (χ2v) is 6.70. The Labute approximate surface area is 164 Å². The first-order chi connectivity index (χ1) is 13.7. The molecule has 0 aliphatic heterocycles. The molecule has 0 aliphatic carbocycles. The van der Waals surface area contributed by atoms with Crippen molar-refractivity contribution in [1.29, 1.82) is 0 Å². The van der Waals surface area contributed by atoms with Crippen molar-refractivity contribution < 1.29 is 0 Å². The molecule has 1 aromatic carbocycles. The number of aromatic nitrogens is 3. The van der Waals surface area contributed by atoms with Gasteiger partial charge in [0.15, 0.2) is 0 Å². The Morgan fingerprint density at radius 2 is 1.75 bits per heavy atom. The Morgan fingerprint density at radius 1 is 0.893 bits per heavy atom. The summed E-state index contributed by atoms with van der Waals surface area (Å²) >= 11 is 0. The van der Waals surface area contributed by atoms with Crippen LogP contribution in [0.4, 0.5) is 5.82 Å². The van der Waals surface area contributed by atoms with Gasteiger partial charge in [-0.15, -0.1) is 0 Å². The van der Waals surface area contributed by atoms with Gasteiger partial charge < -0.3 is 11.1 Å². The summed E-state index contributed by atoms with van der Waals surface area (Å²) in [5.74, 6) is 0.554. The van der Waals surface area contributed by atoms with Crippen molar-refractivity contribution >= 4 is 22.3 Å². The topological polar surface area (TPSA) is 76.7 Å². The molecule has 0 amide bonds. The highest BCUT2D eigenvalue weighted by atomic mass is 14.9. The van der Waals surface area contributed by atoms with E-state index in [2.05, 4.69) is 45.0 Å². The summed E-state index contributed by atoms with van der Waals surface area (Å²) in [5, 5.41) is 5.45. The molecule has 0 radical (unpaired) electrons. The molecular formula is C23H21N5. The first-order valence-corrected chi connectivity index (χ1v) is 9.08. The Kier molecular flexibility index (Phi) is 4.97. The average Bonchev–Trinajstić information content (AvgIpc) is 2.73. The van der Waals surface area contributed by atoms with Crippen molar-refractivity contribution in [2.75, 3.05) is 5.73 Å². The number of fused-ring (bicyclic) bond motifs is 1. The number of anilines is 1. The van der Waals surface area contributed by atoms with Gasteiger partial charge in [-0.05, 0) is 58.8 Å². The maximum atomic E-state index is 5.92.